The molecule has 0 spiro atoms. The first kappa shape index (κ1) is 14.9. The molecule has 1 aromatic rings. The number of aromatic nitrogens is 1. The predicted octanol–water partition coefficient (Wildman–Crippen LogP) is 2.77. The first-order valence-electron chi connectivity index (χ1n) is 7.42. The lowest BCUT2D eigenvalue weighted by Crippen LogP contribution is -2.33. The van der Waals surface area contributed by atoms with Gasteiger partial charge in [-0.15, -0.1) is 0 Å². The first-order valence-corrected chi connectivity index (χ1v) is 9.73. The van der Waals surface area contributed by atoms with Crippen LogP contribution in [0.1, 0.15) is 55.1 Å². The van der Waals surface area contributed by atoms with E-state index in [9.17, 15) is 13.2 Å². The Bertz CT molecular complexity index is 641. The maximum absolute atomic E-state index is 12.7. The summed E-state index contributed by atoms with van der Waals surface area (Å²) in [6, 6.07) is 1.66. The van der Waals surface area contributed by atoms with E-state index in [1.807, 2.05) is 4.90 Å². The molecule has 21 heavy (non-hydrogen) atoms. The van der Waals surface area contributed by atoms with Gasteiger partial charge in [-0.3, -0.25) is 4.79 Å². The lowest BCUT2D eigenvalue weighted by molar-refractivity contribution is 0.0750. The smallest absolute Gasteiger partial charge is 0.270 e. The molecule has 116 valence electrons. The van der Waals surface area contributed by atoms with E-state index in [0.717, 1.165) is 51.6 Å². The molecule has 2 heterocycles. The molecule has 5 nitrogen and oxygen atoms in total. The van der Waals surface area contributed by atoms with Gasteiger partial charge < -0.3 is 9.47 Å². The van der Waals surface area contributed by atoms with Gasteiger partial charge in [0.05, 0.1) is 0 Å². The molecule has 1 aromatic heterocycles. The van der Waals surface area contributed by atoms with Crippen LogP contribution in [0.5, 0.6) is 0 Å². The molecule has 1 saturated heterocycles. The van der Waals surface area contributed by atoms with Crippen molar-refractivity contribution in [2.45, 2.75) is 49.5 Å². The number of halogens is 1. The van der Waals surface area contributed by atoms with Gasteiger partial charge in [0, 0.05) is 36.0 Å². The third kappa shape index (κ3) is 3.26. The van der Waals surface area contributed by atoms with E-state index in [1.54, 1.807) is 4.57 Å². The Morgan fingerprint density at radius 3 is 2.29 bits per heavy atom. The number of amides is 1. The molecule has 1 amide bonds. The highest BCUT2D eigenvalue weighted by Gasteiger charge is 2.31. The summed E-state index contributed by atoms with van der Waals surface area (Å²) in [4.78, 5) is 14.6. The molecule has 0 N–H and O–H groups in total. The van der Waals surface area contributed by atoms with E-state index in [0.29, 0.717) is 5.69 Å². The van der Waals surface area contributed by atoms with E-state index in [4.69, 9.17) is 10.7 Å². The second-order valence-electron chi connectivity index (χ2n) is 5.84. The second kappa shape index (κ2) is 5.65. The van der Waals surface area contributed by atoms with E-state index in [1.165, 1.54) is 12.3 Å². The molecule has 1 aliphatic carbocycles. The number of hydrogen-bond donors (Lipinski definition) is 0. The van der Waals surface area contributed by atoms with Crippen LogP contribution in [0.15, 0.2) is 17.2 Å². The van der Waals surface area contributed by atoms with Gasteiger partial charge in [0.1, 0.15) is 10.6 Å². The Hall–Kier alpha value is -1.01. The summed E-state index contributed by atoms with van der Waals surface area (Å²) in [5.74, 6) is -0.0737. The predicted molar refractivity (Wildman–Crippen MR) is 80.1 cm³/mol. The van der Waals surface area contributed by atoms with Crippen molar-refractivity contribution in [2.75, 3.05) is 13.1 Å². The number of likely N-dealkylation sites (tertiary alicyclic amines) is 1. The normalized spacial score (nSPS) is 20.3. The number of nitrogens with zero attached hydrogens (tertiary/aromatic N) is 2. The monoisotopic (exact) mass is 330 g/mol. The first-order chi connectivity index (χ1) is 9.97. The van der Waals surface area contributed by atoms with E-state index < -0.39 is 9.05 Å². The zero-order valence-corrected chi connectivity index (χ0v) is 13.4. The van der Waals surface area contributed by atoms with Gasteiger partial charge >= 0.3 is 0 Å². The van der Waals surface area contributed by atoms with Crippen LogP contribution in [-0.4, -0.2) is 36.9 Å². The summed E-state index contributed by atoms with van der Waals surface area (Å²) in [7, 11) is 1.62. The molecule has 3 rings (SSSR count). The number of rotatable bonds is 3. The van der Waals surface area contributed by atoms with Gasteiger partial charge in [-0.2, -0.15) is 0 Å². The number of hydrogen-bond acceptors (Lipinski definition) is 3. The van der Waals surface area contributed by atoms with Gasteiger partial charge in [0.25, 0.3) is 15.0 Å². The highest BCUT2D eigenvalue weighted by Crippen LogP contribution is 2.38. The fourth-order valence-electron chi connectivity index (χ4n) is 2.85. The van der Waals surface area contributed by atoms with Crippen LogP contribution < -0.4 is 0 Å². The molecule has 1 saturated carbocycles. The lowest BCUT2D eigenvalue weighted by atomic mass is 10.2. The van der Waals surface area contributed by atoms with Crippen molar-refractivity contribution in [3.05, 3.63) is 18.0 Å². The van der Waals surface area contributed by atoms with Crippen LogP contribution >= 0.6 is 10.7 Å². The quantitative estimate of drug-likeness (QED) is 0.801. The maximum atomic E-state index is 12.7. The Morgan fingerprint density at radius 1 is 1.14 bits per heavy atom. The topological polar surface area (TPSA) is 59.4 Å². The van der Waals surface area contributed by atoms with Crippen molar-refractivity contribution >= 4 is 25.6 Å². The van der Waals surface area contributed by atoms with E-state index in [2.05, 4.69) is 0 Å². The zero-order chi connectivity index (χ0) is 15.0. The summed E-state index contributed by atoms with van der Waals surface area (Å²) >= 11 is 0. The average molecular weight is 331 g/mol. The Morgan fingerprint density at radius 2 is 1.76 bits per heavy atom. The molecule has 0 bridgehead atoms. The minimum atomic E-state index is -3.80. The molecule has 0 aromatic carbocycles. The van der Waals surface area contributed by atoms with Crippen molar-refractivity contribution in [1.82, 2.24) is 9.47 Å². The standard InChI is InChI=1S/C14H19ClN2O3S/c15-21(19,20)12-9-13(17(10-12)11-5-6-11)14(18)16-7-3-1-2-4-8-16/h9-11H,1-8H2. The molecular formula is C14H19ClN2O3S. The van der Waals surface area contributed by atoms with Crippen molar-refractivity contribution in [1.29, 1.82) is 0 Å². The molecular weight excluding hydrogens is 312 g/mol. The van der Waals surface area contributed by atoms with Gasteiger partial charge in [-0.05, 0) is 31.7 Å². The Kier molecular flexibility index (Phi) is 4.01. The van der Waals surface area contributed by atoms with Gasteiger partial charge in [-0.1, -0.05) is 12.8 Å². The summed E-state index contributed by atoms with van der Waals surface area (Å²) in [6.07, 6.45) is 7.79. The summed E-state index contributed by atoms with van der Waals surface area (Å²) in [6.45, 7) is 1.50. The SMILES string of the molecule is O=C(c1cc(S(=O)(=O)Cl)cn1C1CC1)N1CCCCCC1. The van der Waals surface area contributed by atoms with Crippen LogP contribution in [0.25, 0.3) is 0 Å². The van der Waals surface area contributed by atoms with E-state index >= 15 is 0 Å². The molecule has 0 radical (unpaired) electrons. The number of carbonyl (C=O) groups is 1. The van der Waals surface area contributed by atoms with Crippen LogP contribution in [0.3, 0.4) is 0 Å². The van der Waals surface area contributed by atoms with Gasteiger partial charge in [0.2, 0.25) is 0 Å². The molecule has 2 fully saturated rings. The third-order valence-electron chi connectivity index (χ3n) is 4.16. The molecule has 7 heteroatoms. The fourth-order valence-corrected chi connectivity index (χ4v) is 3.59. The van der Waals surface area contributed by atoms with Gasteiger partial charge in [-0.25, -0.2) is 8.42 Å². The van der Waals surface area contributed by atoms with Crippen molar-refractivity contribution in [2.24, 2.45) is 0 Å². The second-order valence-corrected chi connectivity index (χ2v) is 8.41. The Balaban J connectivity index is 1.92. The fraction of sp³-hybridized carbons (Fsp3) is 0.643. The molecule has 0 atom stereocenters. The Labute approximate surface area is 129 Å². The molecule has 0 unspecified atom stereocenters. The van der Waals surface area contributed by atoms with Crippen LogP contribution in [0, 0.1) is 0 Å². The van der Waals surface area contributed by atoms with E-state index in [-0.39, 0.29) is 16.8 Å². The highest BCUT2D eigenvalue weighted by molar-refractivity contribution is 8.13. The zero-order valence-electron chi connectivity index (χ0n) is 11.8. The summed E-state index contributed by atoms with van der Waals surface area (Å²) in [5.41, 5.74) is 0.457. The van der Waals surface area contributed by atoms with Crippen molar-refractivity contribution in [3.63, 3.8) is 0 Å². The lowest BCUT2D eigenvalue weighted by Gasteiger charge is -2.21. The maximum Gasteiger partial charge on any atom is 0.270 e. The molecule has 2 aliphatic rings. The number of carbonyl (C=O) groups excluding carboxylic acids is 1. The van der Waals surface area contributed by atoms with Crippen LogP contribution in [0.4, 0.5) is 0 Å². The van der Waals surface area contributed by atoms with Crippen molar-refractivity contribution in [3.8, 4) is 0 Å². The third-order valence-corrected chi connectivity index (χ3v) is 5.48. The van der Waals surface area contributed by atoms with Crippen LogP contribution in [-0.2, 0) is 9.05 Å². The average Bonchev–Trinajstić information content (AvgIpc) is 3.21. The molecule has 1 aliphatic heterocycles. The van der Waals surface area contributed by atoms with Crippen molar-refractivity contribution < 1.29 is 13.2 Å². The highest BCUT2D eigenvalue weighted by atomic mass is 35.7. The summed E-state index contributed by atoms with van der Waals surface area (Å²) < 4.78 is 24.8. The van der Waals surface area contributed by atoms with Crippen LogP contribution in [0.2, 0.25) is 0 Å². The van der Waals surface area contributed by atoms with Gasteiger partial charge in [0.15, 0.2) is 0 Å². The summed E-state index contributed by atoms with van der Waals surface area (Å²) in [5, 5.41) is 0. The minimum Gasteiger partial charge on any atom is -0.339 e. The largest absolute Gasteiger partial charge is 0.339 e. The minimum absolute atomic E-state index is 0.0224.